The molecule has 1 aliphatic carbocycles. The van der Waals surface area contributed by atoms with Gasteiger partial charge in [-0.05, 0) is 55.4 Å². The molecule has 1 fully saturated rings. The summed E-state index contributed by atoms with van der Waals surface area (Å²) < 4.78 is 33.0. The highest BCUT2D eigenvalue weighted by Crippen LogP contribution is 2.30. The van der Waals surface area contributed by atoms with Crippen LogP contribution in [0, 0.1) is 12.8 Å². The van der Waals surface area contributed by atoms with Gasteiger partial charge in [-0.3, -0.25) is 4.79 Å². The lowest BCUT2D eigenvalue weighted by molar-refractivity contribution is -0.139. The Morgan fingerprint density at radius 1 is 1.04 bits per heavy atom. The van der Waals surface area contributed by atoms with Crippen LogP contribution in [0.2, 0.25) is 0 Å². The topological polar surface area (TPSA) is 72.5 Å². The molecule has 0 aliphatic heterocycles. The molecule has 0 amide bonds. The van der Waals surface area contributed by atoms with Gasteiger partial charge in [0.05, 0.1) is 18.4 Å². The Kier molecular flexibility index (Phi) is 6.52. The predicted molar refractivity (Wildman–Crippen MR) is 108 cm³/mol. The van der Waals surface area contributed by atoms with Gasteiger partial charge in [-0.15, -0.1) is 0 Å². The predicted octanol–water partition coefficient (Wildman–Crippen LogP) is 3.40. The number of ether oxygens (including phenoxy) is 1. The first-order chi connectivity index (χ1) is 13.4. The zero-order valence-electron chi connectivity index (χ0n) is 16.4. The minimum absolute atomic E-state index is 0.0546. The van der Waals surface area contributed by atoms with Crippen molar-refractivity contribution < 1.29 is 17.9 Å². The average Bonchev–Trinajstić information content (AvgIpc) is 3.09. The summed E-state index contributed by atoms with van der Waals surface area (Å²) in [6.45, 7) is 1.94. The van der Waals surface area contributed by atoms with Crippen molar-refractivity contribution in [2.45, 2.75) is 50.0 Å². The van der Waals surface area contributed by atoms with Gasteiger partial charge in [0, 0.05) is 6.04 Å². The van der Waals surface area contributed by atoms with E-state index in [1.54, 1.807) is 12.1 Å². The number of nitrogens with one attached hydrogen (secondary N) is 1. The molecular formula is C22H27NO4S. The van der Waals surface area contributed by atoms with Gasteiger partial charge in [0.15, 0.2) is 0 Å². The average molecular weight is 402 g/mol. The molecule has 1 aliphatic rings. The largest absolute Gasteiger partial charge is 0.469 e. The Bertz CT molecular complexity index is 905. The van der Waals surface area contributed by atoms with Crippen LogP contribution in [-0.4, -0.2) is 27.5 Å². The van der Waals surface area contributed by atoms with Gasteiger partial charge < -0.3 is 4.74 Å². The van der Waals surface area contributed by atoms with Gasteiger partial charge in [0.2, 0.25) is 10.0 Å². The molecular weight excluding hydrogens is 374 g/mol. The highest BCUT2D eigenvalue weighted by atomic mass is 32.2. The van der Waals surface area contributed by atoms with Crippen LogP contribution < -0.4 is 4.72 Å². The van der Waals surface area contributed by atoms with Crippen LogP contribution in [0.3, 0.4) is 0 Å². The maximum atomic E-state index is 12.7. The van der Waals surface area contributed by atoms with Crippen LogP contribution >= 0.6 is 0 Å². The minimum Gasteiger partial charge on any atom is -0.469 e. The number of hydrogen-bond acceptors (Lipinski definition) is 4. The number of sulfonamides is 1. The second kappa shape index (κ2) is 8.88. The molecule has 28 heavy (non-hydrogen) atoms. The molecule has 0 heterocycles. The third kappa shape index (κ3) is 5.20. The molecule has 6 heteroatoms. The van der Waals surface area contributed by atoms with Crippen molar-refractivity contribution in [1.29, 1.82) is 0 Å². The Morgan fingerprint density at radius 2 is 1.68 bits per heavy atom. The maximum Gasteiger partial charge on any atom is 0.309 e. The summed E-state index contributed by atoms with van der Waals surface area (Å²) in [4.78, 5) is 11.7. The number of methoxy groups -OCH3 is 1. The van der Waals surface area contributed by atoms with Gasteiger partial charge in [0.25, 0.3) is 0 Å². The summed E-state index contributed by atoms with van der Waals surface area (Å²) in [5, 5.41) is 0. The van der Waals surface area contributed by atoms with E-state index in [4.69, 9.17) is 4.74 Å². The van der Waals surface area contributed by atoms with Gasteiger partial charge in [-0.2, -0.15) is 0 Å². The molecule has 5 nitrogen and oxygen atoms in total. The summed E-state index contributed by atoms with van der Waals surface area (Å²) in [6.07, 6.45) is 3.96. The molecule has 0 bridgehead atoms. The molecule has 2 aromatic carbocycles. The van der Waals surface area contributed by atoms with Crippen LogP contribution in [0.15, 0.2) is 53.4 Å². The summed E-state index contributed by atoms with van der Waals surface area (Å²) >= 11 is 0. The molecule has 3 rings (SSSR count). The van der Waals surface area contributed by atoms with Crippen molar-refractivity contribution in [3.63, 3.8) is 0 Å². The molecule has 0 spiro atoms. The number of esters is 1. The molecule has 2 atom stereocenters. The molecule has 0 radical (unpaired) electrons. The normalized spacial score (nSPS) is 19.5. The summed E-state index contributed by atoms with van der Waals surface area (Å²) in [7, 11) is -2.13. The van der Waals surface area contributed by atoms with E-state index >= 15 is 0 Å². The summed E-state index contributed by atoms with van der Waals surface area (Å²) in [6, 6.07) is 14.8. The van der Waals surface area contributed by atoms with E-state index in [2.05, 4.69) is 4.72 Å². The monoisotopic (exact) mass is 401 g/mol. The Balaban J connectivity index is 1.64. The standard InChI is InChI=1S/C22H27NO4S/c1-16-6-12-20(13-7-16)28(25,26)23-21-5-3-4-19(21)14-17-8-10-18(11-9-17)15-22(24)27-2/h6-13,19,21,23H,3-5,14-15H2,1-2H3/t19-,21+/m0/s1. The molecule has 1 N–H and O–H groups in total. The van der Waals surface area contributed by atoms with Crippen molar-refractivity contribution in [2.75, 3.05) is 7.11 Å². The number of carbonyl (C=O) groups excluding carboxylic acids is 1. The Hall–Kier alpha value is -2.18. The molecule has 1 saturated carbocycles. The van der Waals surface area contributed by atoms with Crippen LogP contribution in [0.25, 0.3) is 0 Å². The smallest absolute Gasteiger partial charge is 0.309 e. The Morgan fingerprint density at radius 3 is 2.32 bits per heavy atom. The van der Waals surface area contributed by atoms with Gasteiger partial charge in [-0.1, -0.05) is 48.4 Å². The van der Waals surface area contributed by atoms with Crippen molar-refractivity contribution in [3.8, 4) is 0 Å². The molecule has 0 saturated heterocycles. The van der Waals surface area contributed by atoms with E-state index < -0.39 is 10.0 Å². The lowest BCUT2D eigenvalue weighted by atomic mass is 9.94. The van der Waals surface area contributed by atoms with Crippen LogP contribution in [0.5, 0.6) is 0 Å². The third-order valence-corrected chi connectivity index (χ3v) is 6.90. The number of carbonyl (C=O) groups is 1. The first-order valence-electron chi connectivity index (χ1n) is 9.61. The second-order valence-corrected chi connectivity index (χ2v) is 9.22. The van der Waals surface area contributed by atoms with E-state index in [1.165, 1.54) is 7.11 Å². The number of benzene rings is 2. The van der Waals surface area contributed by atoms with Crippen LogP contribution in [0.1, 0.15) is 36.0 Å². The van der Waals surface area contributed by atoms with Gasteiger partial charge >= 0.3 is 5.97 Å². The molecule has 2 aromatic rings. The summed E-state index contributed by atoms with van der Waals surface area (Å²) in [5.41, 5.74) is 3.10. The van der Waals surface area contributed by atoms with Gasteiger partial charge in [-0.25, -0.2) is 13.1 Å². The second-order valence-electron chi connectivity index (χ2n) is 7.51. The van der Waals surface area contributed by atoms with E-state index in [1.807, 2.05) is 43.3 Å². The highest BCUT2D eigenvalue weighted by molar-refractivity contribution is 7.89. The maximum absolute atomic E-state index is 12.7. The Labute approximate surface area is 167 Å². The zero-order valence-corrected chi connectivity index (χ0v) is 17.2. The fourth-order valence-electron chi connectivity index (χ4n) is 3.76. The lowest BCUT2D eigenvalue weighted by Gasteiger charge is -2.21. The fourth-order valence-corrected chi connectivity index (χ4v) is 5.10. The minimum atomic E-state index is -3.51. The lowest BCUT2D eigenvalue weighted by Crippen LogP contribution is -2.38. The van der Waals surface area contributed by atoms with E-state index in [0.29, 0.717) is 4.90 Å². The SMILES string of the molecule is COC(=O)Cc1ccc(C[C@@H]2CCC[C@H]2NS(=O)(=O)c2ccc(C)cc2)cc1. The number of rotatable bonds is 7. The van der Waals surface area contributed by atoms with Crippen molar-refractivity contribution >= 4 is 16.0 Å². The van der Waals surface area contributed by atoms with Gasteiger partial charge in [0.1, 0.15) is 0 Å². The highest BCUT2D eigenvalue weighted by Gasteiger charge is 2.31. The first-order valence-corrected chi connectivity index (χ1v) is 11.1. The van der Waals surface area contributed by atoms with Crippen molar-refractivity contribution in [3.05, 3.63) is 65.2 Å². The number of hydrogen-bond donors (Lipinski definition) is 1. The van der Waals surface area contributed by atoms with Crippen LogP contribution in [0.4, 0.5) is 0 Å². The van der Waals surface area contributed by atoms with E-state index in [0.717, 1.165) is 42.4 Å². The quantitative estimate of drug-likeness (QED) is 0.722. The fraction of sp³-hybridized carbons (Fsp3) is 0.409. The number of aryl methyl sites for hydroxylation is 1. The van der Waals surface area contributed by atoms with Crippen LogP contribution in [-0.2, 0) is 32.4 Å². The molecule has 150 valence electrons. The van der Waals surface area contributed by atoms with Crippen molar-refractivity contribution in [1.82, 2.24) is 4.72 Å². The zero-order chi connectivity index (χ0) is 20.1. The summed E-state index contributed by atoms with van der Waals surface area (Å²) in [5.74, 6) is 0.0146. The molecule has 0 unspecified atom stereocenters. The first kappa shape index (κ1) is 20.6. The van der Waals surface area contributed by atoms with E-state index in [-0.39, 0.29) is 24.3 Å². The molecule has 0 aromatic heterocycles. The van der Waals surface area contributed by atoms with E-state index in [9.17, 15) is 13.2 Å². The third-order valence-electron chi connectivity index (χ3n) is 5.39. The van der Waals surface area contributed by atoms with Crippen molar-refractivity contribution in [2.24, 2.45) is 5.92 Å².